The summed E-state index contributed by atoms with van der Waals surface area (Å²) in [6.45, 7) is 11.8. The van der Waals surface area contributed by atoms with Crippen molar-refractivity contribution in [2.24, 2.45) is 11.8 Å². The lowest BCUT2D eigenvalue weighted by Crippen LogP contribution is -2.35. The van der Waals surface area contributed by atoms with E-state index in [4.69, 9.17) is 4.74 Å². The molecule has 0 aromatic carbocycles. The summed E-state index contributed by atoms with van der Waals surface area (Å²) in [7, 11) is 0. The quantitative estimate of drug-likeness (QED) is 0.921. The molecule has 2 atom stereocenters. The lowest BCUT2D eigenvalue weighted by molar-refractivity contribution is 0.0956. The Balaban J connectivity index is 1.87. The second-order valence-corrected chi connectivity index (χ2v) is 7.62. The Labute approximate surface area is 128 Å². The minimum Gasteiger partial charge on any atom is -0.473 e. The summed E-state index contributed by atoms with van der Waals surface area (Å²) in [6, 6.07) is 3.94. The highest BCUT2D eigenvalue weighted by atomic mass is 16.5. The first-order chi connectivity index (χ1) is 9.82. The topological polar surface area (TPSA) is 47.0 Å². The van der Waals surface area contributed by atoms with Gasteiger partial charge in [0.05, 0.1) is 5.69 Å². The van der Waals surface area contributed by atoms with E-state index in [9.17, 15) is 0 Å². The lowest BCUT2D eigenvalue weighted by Gasteiger charge is -2.31. The second kappa shape index (κ2) is 6.73. The van der Waals surface area contributed by atoms with Gasteiger partial charge < -0.3 is 10.1 Å². The van der Waals surface area contributed by atoms with Crippen LogP contribution in [0.2, 0.25) is 0 Å². The third-order valence-corrected chi connectivity index (χ3v) is 3.92. The molecule has 1 saturated carbocycles. The predicted molar refractivity (Wildman–Crippen MR) is 85.2 cm³/mol. The van der Waals surface area contributed by atoms with Crippen LogP contribution in [0.1, 0.15) is 59.6 Å². The fourth-order valence-electron chi connectivity index (χ4n) is 3.00. The van der Waals surface area contributed by atoms with Crippen molar-refractivity contribution in [3.05, 3.63) is 17.8 Å². The summed E-state index contributed by atoms with van der Waals surface area (Å²) in [4.78, 5) is 0. The molecule has 118 valence electrons. The van der Waals surface area contributed by atoms with Crippen LogP contribution in [0.5, 0.6) is 5.88 Å². The van der Waals surface area contributed by atoms with E-state index in [0.29, 0.717) is 5.88 Å². The molecule has 2 rings (SSSR count). The average Bonchev–Trinajstić information content (AvgIpc) is 2.36. The van der Waals surface area contributed by atoms with Gasteiger partial charge in [0, 0.05) is 18.2 Å². The van der Waals surface area contributed by atoms with Crippen LogP contribution < -0.4 is 10.1 Å². The van der Waals surface area contributed by atoms with E-state index in [1.807, 2.05) is 12.1 Å². The largest absolute Gasteiger partial charge is 0.473 e. The van der Waals surface area contributed by atoms with Gasteiger partial charge in [-0.2, -0.15) is 5.10 Å². The molecule has 0 amide bonds. The Morgan fingerprint density at radius 2 is 1.76 bits per heavy atom. The Morgan fingerprint density at radius 3 is 2.29 bits per heavy atom. The predicted octanol–water partition coefficient (Wildman–Crippen LogP) is 3.57. The van der Waals surface area contributed by atoms with Crippen LogP contribution in [0.15, 0.2) is 12.1 Å². The van der Waals surface area contributed by atoms with Gasteiger partial charge in [-0.15, -0.1) is 5.10 Å². The van der Waals surface area contributed by atoms with E-state index in [2.05, 4.69) is 50.1 Å². The molecule has 1 aliphatic rings. The Hall–Kier alpha value is -1.16. The van der Waals surface area contributed by atoms with Crippen molar-refractivity contribution in [2.45, 2.75) is 72.1 Å². The zero-order valence-electron chi connectivity index (χ0n) is 14.0. The highest BCUT2D eigenvalue weighted by Gasteiger charge is 2.25. The zero-order chi connectivity index (χ0) is 15.5. The number of hydrogen-bond acceptors (Lipinski definition) is 4. The Morgan fingerprint density at radius 1 is 1.10 bits per heavy atom. The average molecular weight is 291 g/mol. The molecule has 4 nitrogen and oxygen atoms in total. The van der Waals surface area contributed by atoms with Crippen LogP contribution in [0.3, 0.4) is 0 Å². The first-order valence-electron chi connectivity index (χ1n) is 8.06. The van der Waals surface area contributed by atoms with Gasteiger partial charge in [-0.1, -0.05) is 13.8 Å². The maximum atomic E-state index is 6.00. The molecule has 1 aliphatic carbocycles. The van der Waals surface area contributed by atoms with Crippen molar-refractivity contribution in [1.82, 2.24) is 15.5 Å². The van der Waals surface area contributed by atoms with Gasteiger partial charge >= 0.3 is 0 Å². The van der Waals surface area contributed by atoms with Crippen molar-refractivity contribution >= 4 is 0 Å². The molecule has 0 spiro atoms. The third-order valence-electron chi connectivity index (χ3n) is 3.92. The molecule has 1 aromatic heterocycles. The molecule has 1 N–H and O–H groups in total. The SMILES string of the molecule is CC1CC(C)CC(Oc2ccc(CNC(C)(C)C)nn2)C1. The molecule has 2 unspecified atom stereocenters. The number of nitrogens with zero attached hydrogens (tertiary/aromatic N) is 2. The van der Waals surface area contributed by atoms with Crippen molar-refractivity contribution in [3.63, 3.8) is 0 Å². The Kier molecular flexibility index (Phi) is 5.20. The molecule has 0 radical (unpaired) electrons. The molecule has 1 fully saturated rings. The first-order valence-corrected chi connectivity index (χ1v) is 8.06. The fraction of sp³-hybridized carbons (Fsp3) is 0.765. The fourth-order valence-corrected chi connectivity index (χ4v) is 3.00. The van der Waals surface area contributed by atoms with Gasteiger partial charge in [-0.05, 0) is 57.9 Å². The lowest BCUT2D eigenvalue weighted by atomic mass is 9.82. The van der Waals surface area contributed by atoms with Gasteiger partial charge in [0.25, 0.3) is 0 Å². The minimum absolute atomic E-state index is 0.0885. The summed E-state index contributed by atoms with van der Waals surface area (Å²) in [5.74, 6) is 2.13. The van der Waals surface area contributed by atoms with Crippen molar-refractivity contribution in [3.8, 4) is 5.88 Å². The van der Waals surface area contributed by atoms with Crippen LogP contribution in [0.25, 0.3) is 0 Å². The molecule has 4 heteroatoms. The summed E-state index contributed by atoms with van der Waals surface area (Å²) in [5.41, 5.74) is 1.04. The molecular formula is C17H29N3O. The van der Waals surface area contributed by atoms with E-state index in [0.717, 1.165) is 36.9 Å². The van der Waals surface area contributed by atoms with Crippen LogP contribution in [-0.4, -0.2) is 21.8 Å². The highest BCUT2D eigenvalue weighted by Crippen LogP contribution is 2.30. The monoisotopic (exact) mass is 291 g/mol. The summed E-state index contributed by atoms with van der Waals surface area (Å²) in [6.07, 6.45) is 3.85. The van der Waals surface area contributed by atoms with E-state index in [-0.39, 0.29) is 11.6 Å². The highest BCUT2D eigenvalue weighted by molar-refractivity contribution is 5.12. The van der Waals surface area contributed by atoms with Crippen molar-refractivity contribution in [2.75, 3.05) is 0 Å². The number of hydrogen-bond donors (Lipinski definition) is 1. The van der Waals surface area contributed by atoms with Crippen LogP contribution in [0.4, 0.5) is 0 Å². The maximum absolute atomic E-state index is 6.00. The number of ether oxygens (including phenoxy) is 1. The first kappa shape index (κ1) is 16.2. The van der Waals surface area contributed by atoms with Crippen molar-refractivity contribution < 1.29 is 4.74 Å². The molecule has 0 bridgehead atoms. The summed E-state index contributed by atoms with van der Waals surface area (Å²) >= 11 is 0. The maximum Gasteiger partial charge on any atom is 0.233 e. The molecular weight excluding hydrogens is 262 g/mol. The van der Waals surface area contributed by atoms with E-state index in [1.54, 1.807) is 0 Å². The smallest absolute Gasteiger partial charge is 0.233 e. The van der Waals surface area contributed by atoms with Gasteiger partial charge in [0.1, 0.15) is 6.10 Å². The summed E-state index contributed by atoms with van der Waals surface area (Å²) < 4.78 is 6.00. The molecule has 0 aliphatic heterocycles. The third kappa shape index (κ3) is 5.62. The van der Waals surface area contributed by atoms with E-state index in [1.165, 1.54) is 6.42 Å². The normalized spacial score (nSPS) is 26.6. The van der Waals surface area contributed by atoms with Crippen molar-refractivity contribution in [1.29, 1.82) is 0 Å². The zero-order valence-corrected chi connectivity index (χ0v) is 14.0. The Bertz CT molecular complexity index is 428. The number of rotatable bonds is 4. The van der Waals surface area contributed by atoms with Crippen LogP contribution in [0, 0.1) is 11.8 Å². The van der Waals surface area contributed by atoms with Gasteiger partial charge in [0.2, 0.25) is 5.88 Å². The molecule has 1 aromatic rings. The standard InChI is InChI=1S/C17H29N3O/c1-12-8-13(2)10-15(9-12)21-16-7-6-14(19-20-16)11-18-17(3,4)5/h6-7,12-13,15,18H,8-11H2,1-5H3. The van der Waals surface area contributed by atoms with E-state index < -0.39 is 0 Å². The van der Waals surface area contributed by atoms with Gasteiger partial charge in [-0.25, -0.2) is 0 Å². The number of aromatic nitrogens is 2. The van der Waals surface area contributed by atoms with Gasteiger partial charge in [-0.3, -0.25) is 0 Å². The van der Waals surface area contributed by atoms with E-state index >= 15 is 0 Å². The molecule has 0 saturated heterocycles. The second-order valence-electron chi connectivity index (χ2n) is 7.62. The van der Waals surface area contributed by atoms with Gasteiger partial charge in [0.15, 0.2) is 0 Å². The summed E-state index contributed by atoms with van der Waals surface area (Å²) in [5, 5.41) is 11.9. The molecule has 21 heavy (non-hydrogen) atoms. The van der Waals surface area contributed by atoms with Crippen LogP contribution in [-0.2, 0) is 6.54 Å². The number of nitrogens with one attached hydrogen (secondary N) is 1. The molecule has 1 heterocycles. The minimum atomic E-state index is 0.0885. The van der Waals surface area contributed by atoms with Crippen LogP contribution >= 0.6 is 0 Å².